The Morgan fingerprint density at radius 1 is 0.950 bits per heavy atom. The van der Waals surface area contributed by atoms with Crippen LogP contribution in [0.3, 0.4) is 0 Å². The number of aliphatic hydroxyl groups excluding tert-OH is 1. The monoisotopic (exact) mass is 276 g/mol. The zero-order valence-corrected chi connectivity index (χ0v) is 12.5. The number of fused-ring (bicyclic) bond motifs is 5. The largest absolute Gasteiger partial charge is 0.395 e. The molecule has 0 amide bonds. The molecular formula is C18H28O2. The molecule has 0 spiro atoms. The number of Topliss-reactive ketones (excluding diaryl/α,β-unsaturated/α-hetero) is 1. The molecule has 20 heavy (non-hydrogen) atoms. The molecule has 1 N–H and O–H groups in total. The topological polar surface area (TPSA) is 37.3 Å². The second-order valence-corrected chi connectivity index (χ2v) is 8.03. The van der Waals surface area contributed by atoms with Crippen molar-refractivity contribution in [1.29, 1.82) is 0 Å². The van der Waals surface area contributed by atoms with Crippen LogP contribution in [0.15, 0.2) is 0 Å². The van der Waals surface area contributed by atoms with E-state index in [4.69, 9.17) is 0 Å². The third kappa shape index (κ3) is 1.70. The number of hydrogen-bond acceptors (Lipinski definition) is 2. The molecule has 0 aromatic heterocycles. The Kier molecular flexibility index (Phi) is 3.21. The van der Waals surface area contributed by atoms with Crippen molar-refractivity contribution in [2.75, 3.05) is 6.61 Å². The molecule has 0 bridgehead atoms. The van der Waals surface area contributed by atoms with E-state index in [1.165, 1.54) is 44.9 Å². The van der Waals surface area contributed by atoms with Gasteiger partial charge < -0.3 is 5.11 Å². The normalized spacial score (nSPS) is 51.2. The Morgan fingerprint density at radius 3 is 2.65 bits per heavy atom. The number of carbonyl (C=O) groups is 1. The Balaban J connectivity index is 1.62. The average Bonchev–Trinajstić information content (AvgIpc) is 2.85. The van der Waals surface area contributed by atoms with Crippen LogP contribution in [0, 0.1) is 35.0 Å². The van der Waals surface area contributed by atoms with Gasteiger partial charge in [0.15, 0.2) is 0 Å². The summed E-state index contributed by atoms with van der Waals surface area (Å²) in [4.78, 5) is 12.4. The first-order valence-electron chi connectivity index (χ1n) is 8.90. The molecule has 4 rings (SSSR count). The lowest BCUT2D eigenvalue weighted by Crippen LogP contribution is -2.50. The minimum absolute atomic E-state index is 0.119. The second-order valence-electron chi connectivity index (χ2n) is 8.03. The van der Waals surface area contributed by atoms with Crippen LogP contribution in [0.5, 0.6) is 0 Å². The first-order chi connectivity index (χ1) is 9.76. The molecule has 4 aliphatic rings. The van der Waals surface area contributed by atoms with Gasteiger partial charge in [0.1, 0.15) is 5.78 Å². The van der Waals surface area contributed by atoms with E-state index in [-0.39, 0.29) is 12.0 Å². The summed E-state index contributed by atoms with van der Waals surface area (Å²) in [7, 11) is 0. The summed E-state index contributed by atoms with van der Waals surface area (Å²) in [5.41, 5.74) is -0.317. The highest BCUT2D eigenvalue weighted by atomic mass is 16.3. The molecule has 2 nitrogen and oxygen atoms in total. The maximum Gasteiger partial charge on any atom is 0.141 e. The molecule has 6 atom stereocenters. The number of hydrogen-bond donors (Lipinski definition) is 1. The number of ketones is 1. The second kappa shape index (κ2) is 4.83. The Hall–Kier alpha value is -0.370. The van der Waals surface area contributed by atoms with E-state index in [9.17, 15) is 9.90 Å². The summed E-state index contributed by atoms with van der Waals surface area (Å²) in [6, 6.07) is 0. The highest BCUT2D eigenvalue weighted by Crippen LogP contribution is 2.61. The van der Waals surface area contributed by atoms with Gasteiger partial charge in [-0.15, -0.1) is 0 Å². The Bertz CT molecular complexity index is 404. The maximum atomic E-state index is 12.4. The molecule has 4 saturated carbocycles. The van der Waals surface area contributed by atoms with Crippen LogP contribution in [0.4, 0.5) is 0 Å². The number of carbonyl (C=O) groups excluding carboxylic acids is 1. The smallest absolute Gasteiger partial charge is 0.141 e. The predicted octanol–water partition coefficient (Wildman–Crippen LogP) is 3.57. The van der Waals surface area contributed by atoms with E-state index in [0.717, 1.165) is 42.9 Å². The maximum absolute atomic E-state index is 12.4. The van der Waals surface area contributed by atoms with Crippen molar-refractivity contribution in [3.63, 3.8) is 0 Å². The summed E-state index contributed by atoms with van der Waals surface area (Å²) in [5, 5.41) is 9.92. The molecule has 1 unspecified atom stereocenters. The fourth-order valence-electron chi connectivity index (χ4n) is 6.70. The summed E-state index contributed by atoms with van der Waals surface area (Å²) < 4.78 is 0. The SMILES string of the molecule is O=C1CC[C@H]2[C@@H]3CCC4CCCC[C@@H]4[C@H]3CC[C@]12CO. The van der Waals surface area contributed by atoms with Crippen LogP contribution in [-0.2, 0) is 4.79 Å². The highest BCUT2D eigenvalue weighted by molar-refractivity contribution is 5.87. The molecule has 0 heterocycles. The van der Waals surface area contributed by atoms with Crippen molar-refractivity contribution in [1.82, 2.24) is 0 Å². The number of aliphatic hydroxyl groups is 1. The zero-order valence-electron chi connectivity index (χ0n) is 12.5. The van der Waals surface area contributed by atoms with Gasteiger partial charge in [-0.3, -0.25) is 4.79 Å². The minimum atomic E-state index is -0.317. The lowest BCUT2D eigenvalue weighted by Gasteiger charge is -2.54. The fourth-order valence-corrected chi connectivity index (χ4v) is 6.70. The standard InChI is InChI=1S/C18H28O2/c19-11-18-10-9-14-13-4-2-1-3-12(13)5-6-15(14)16(18)7-8-17(18)20/h12-16,19H,1-11H2/t12?,13-,14+,15+,16-,18+/m0/s1. The summed E-state index contributed by atoms with van der Waals surface area (Å²) in [6.45, 7) is 0.119. The van der Waals surface area contributed by atoms with Gasteiger partial charge in [-0.05, 0) is 68.1 Å². The minimum Gasteiger partial charge on any atom is -0.395 e. The molecule has 112 valence electrons. The summed E-state index contributed by atoms with van der Waals surface area (Å²) >= 11 is 0. The van der Waals surface area contributed by atoms with Gasteiger partial charge in [-0.1, -0.05) is 19.3 Å². The zero-order chi connectivity index (χ0) is 13.7. The van der Waals surface area contributed by atoms with Crippen LogP contribution in [0.25, 0.3) is 0 Å². The van der Waals surface area contributed by atoms with Crippen LogP contribution in [0.2, 0.25) is 0 Å². The highest BCUT2D eigenvalue weighted by Gasteiger charge is 2.58. The summed E-state index contributed by atoms with van der Waals surface area (Å²) in [6.07, 6.45) is 12.5. The molecule has 0 aromatic rings. The molecule has 0 saturated heterocycles. The van der Waals surface area contributed by atoms with Gasteiger partial charge in [0, 0.05) is 6.42 Å². The van der Waals surface area contributed by atoms with Crippen molar-refractivity contribution in [3.8, 4) is 0 Å². The van der Waals surface area contributed by atoms with E-state index in [0.29, 0.717) is 11.7 Å². The van der Waals surface area contributed by atoms with Crippen LogP contribution < -0.4 is 0 Å². The molecule has 4 aliphatic carbocycles. The quantitative estimate of drug-likeness (QED) is 0.795. The van der Waals surface area contributed by atoms with Crippen molar-refractivity contribution in [2.24, 2.45) is 35.0 Å². The third-order valence-electron chi connectivity index (χ3n) is 7.61. The molecule has 0 aromatic carbocycles. The first kappa shape index (κ1) is 13.3. The molecule has 0 aliphatic heterocycles. The van der Waals surface area contributed by atoms with Gasteiger partial charge in [0.2, 0.25) is 0 Å². The molecule has 2 heteroatoms. The van der Waals surface area contributed by atoms with E-state index >= 15 is 0 Å². The Labute approximate surface area is 122 Å². The van der Waals surface area contributed by atoms with E-state index in [2.05, 4.69) is 0 Å². The Morgan fingerprint density at radius 2 is 1.80 bits per heavy atom. The van der Waals surface area contributed by atoms with E-state index in [1.807, 2.05) is 0 Å². The van der Waals surface area contributed by atoms with Crippen LogP contribution in [-0.4, -0.2) is 17.5 Å². The fraction of sp³-hybridized carbons (Fsp3) is 0.944. The lowest BCUT2D eigenvalue weighted by atomic mass is 9.50. The van der Waals surface area contributed by atoms with Crippen LogP contribution in [0.1, 0.15) is 64.2 Å². The van der Waals surface area contributed by atoms with Crippen molar-refractivity contribution < 1.29 is 9.90 Å². The van der Waals surface area contributed by atoms with E-state index in [1.54, 1.807) is 0 Å². The molecular weight excluding hydrogens is 248 g/mol. The molecule has 4 fully saturated rings. The van der Waals surface area contributed by atoms with Crippen LogP contribution >= 0.6 is 0 Å². The third-order valence-corrected chi connectivity index (χ3v) is 7.61. The first-order valence-corrected chi connectivity index (χ1v) is 8.90. The summed E-state index contributed by atoms with van der Waals surface area (Å²) in [5.74, 6) is 4.47. The average molecular weight is 276 g/mol. The lowest BCUT2D eigenvalue weighted by molar-refractivity contribution is -0.139. The van der Waals surface area contributed by atoms with Gasteiger partial charge in [-0.25, -0.2) is 0 Å². The van der Waals surface area contributed by atoms with Gasteiger partial charge in [0.25, 0.3) is 0 Å². The van der Waals surface area contributed by atoms with Crippen molar-refractivity contribution in [2.45, 2.75) is 64.2 Å². The van der Waals surface area contributed by atoms with Gasteiger partial charge in [-0.2, -0.15) is 0 Å². The number of rotatable bonds is 1. The molecule has 0 radical (unpaired) electrons. The predicted molar refractivity (Wildman–Crippen MR) is 78.1 cm³/mol. The van der Waals surface area contributed by atoms with Crippen molar-refractivity contribution in [3.05, 3.63) is 0 Å². The van der Waals surface area contributed by atoms with Gasteiger partial charge in [0.05, 0.1) is 12.0 Å². The van der Waals surface area contributed by atoms with Crippen molar-refractivity contribution >= 4 is 5.78 Å². The van der Waals surface area contributed by atoms with E-state index < -0.39 is 0 Å². The van der Waals surface area contributed by atoms with Gasteiger partial charge >= 0.3 is 0 Å².